The fourth-order valence-electron chi connectivity index (χ4n) is 2.27. The van der Waals surface area contributed by atoms with Gasteiger partial charge >= 0.3 is 0 Å². The molecule has 0 saturated carbocycles. The van der Waals surface area contributed by atoms with Gasteiger partial charge < -0.3 is 9.14 Å². The number of pyridine rings is 1. The Hall–Kier alpha value is -2.29. The van der Waals surface area contributed by atoms with Crippen LogP contribution in [0.1, 0.15) is 33.4 Å². The highest BCUT2D eigenvalue weighted by atomic mass is 16.5. The number of imidazole rings is 1. The number of aromatic nitrogens is 2. The van der Waals surface area contributed by atoms with E-state index in [9.17, 15) is 0 Å². The molecule has 0 fully saturated rings. The molecule has 0 saturated heterocycles. The lowest BCUT2D eigenvalue weighted by molar-refractivity contribution is 0.242. The first-order valence-corrected chi connectivity index (χ1v) is 7.84. The number of benzene rings is 1. The Morgan fingerprint density at radius 3 is 2.23 bits per heavy atom. The normalized spacial score (nSPS) is 10.5. The summed E-state index contributed by atoms with van der Waals surface area (Å²) in [5.41, 5.74) is 4.47. The molecule has 2 aromatic heterocycles. The van der Waals surface area contributed by atoms with Crippen LogP contribution in [0.5, 0.6) is 5.75 Å². The summed E-state index contributed by atoms with van der Waals surface area (Å²) >= 11 is 0. The first-order chi connectivity index (χ1) is 10.6. The summed E-state index contributed by atoms with van der Waals surface area (Å²) in [7, 11) is 0. The molecule has 22 heavy (non-hydrogen) atoms. The molecule has 0 unspecified atom stereocenters. The quantitative estimate of drug-likeness (QED) is 0.670. The van der Waals surface area contributed by atoms with E-state index in [0.717, 1.165) is 17.1 Å². The first-order valence-electron chi connectivity index (χ1n) is 7.84. The summed E-state index contributed by atoms with van der Waals surface area (Å²) in [5, 5.41) is 0. The van der Waals surface area contributed by atoms with E-state index in [4.69, 9.17) is 4.74 Å². The fraction of sp³-hybridized carbons (Fsp3) is 0.316. The van der Waals surface area contributed by atoms with Crippen molar-refractivity contribution in [1.82, 2.24) is 9.38 Å². The minimum Gasteiger partial charge on any atom is -0.491 e. The smallest absolute Gasteiger partial charge is 0.136 e. The van der Waals surface area contributed by atoms with Gasteiger partial charge in [0.15, 0.2) is 0 Å². The highest BCUT2D eigenvalue weighted by Gasteiger charge is 2.03. The van der Waals surface area contributed by atoms with Crippen LogP contribution in [0.2, 0.25) is 0 Å². The largest absolute Gasteiger partial charge is 0.491 e. The summed E-state index contributed by atoms with van der Waals surface area (Å²) in [6.07, 6.45) is 4.21. The van der Waals surface area contributed by atoms with E-state index in [0.29, 0.717) is 0 Å². The van der Waals surface area contributed by atoms with Crippen molar-refractivity contribution >= 4 is 5.65 Å². The summed E-state index contributed by atoms with van der Waals surface area (Å²) in [6.45, 7) is 10.1. The SMILES string of the molecule is CC.Cc1cnc2ccc(-c3ccc(OC(C)C)cc3)cn12. The molecule has 2 heterocycles. The number of ether oxygens (including phenoxy) is 1. The summed E-state index contributed by atoms with van der Waals surface area (Å²) < 4.78 is 7.77. The first kappa shape index (κ1) is 16.1. The molecule has 0 aliphatic carbocycles. The van der Waals surface area contributed by atoms with Gasteiger partial charge in [0.2, 0.25) is 0 Å². The van der Waals surface area contributed by atoms with Crippen molar-refractivity contribution in [3.63, 3.8) is 0 Å². The Labute approximate surface area is 132 Å². The van der Waals surface area contributed by atoms with Crippen molar-refractivity contribution in [1.29, 1.82) is 0 Å². The van der Waals surface area contributed by atoms with Crippen molar-refractivity contribution in [3.8, 4) is 16.9 Å². The third kappa shape index (κ3) is 3.48. The molecule has 3 heteroatoms. The number of fused-ring (bicyclic) bond motifs is 1. The maximum atomic E-state index is 5.67. The lowest BCUT2D eigenvalue weighted by Gasteiger charge is -2.10. The van der Waals surface area contributed by atoms with Crippen LogP contribution in [-0.2, 0) is 0 Å². The van der Waals surface area contributed by atoms with Gasteiger partial charge in [-0.05, 0) is 56.2 Å². The third-order valence-electron chi connectivity index (χ3n) is 3.25. The van der Waals surface area contributed by atoms with Crippen LogP contribution >= 0.6 is 0 Å². The summed E-state index contributed by atoms with van der Waals surface area (Å²) in [6, 6.07) is 12.3. The fourth-order valence-corrected chi connectivity index (χ4v) is 2.27. The van der Waals surface area contributed by atoms with Gasteiger partial charge in [-0.1, -0.05) is 26.0 Å². The standard InChI is InChI=1S/C17H18N2O.C2H6/c1-12(2)20-16-7-4-14(5-8-16)15-6-9-17-18-10-13(3)19(17)11-15;1-2/h4-12H,1-3H3;1-2H3. The van der Waals surface area contributed by atoms with Crippen LogP contribution in [0, 0.1) is 6.92 Å². The van der Waals surface area contributed by atoms with Gasteiger partial charge in [0.1, 0.15) is 11.4 Å². The molecule has 0 bridgehead atoms. The van der Waals surface area contributed by atoms with Gasteiger partial charge in [-0.2, -0.15) is 0 Å². The van der Waals surface area contributed by atoms with Crippen molar-refractivity contribution in [2.24, 2.45) is 0 Å². The van der Waals surface area contributed by atoms with E-state index in [2.05, 4.69) is 40.7 Å². The van der Waals surface area contributed by atoms with Gasteiger partial charge in [-0.25, -0.2) is 4.98 Å². The number of hydrogen-bond donors (Lipinski definition) is 0. The highest BCUT2D eigenvalue weighted by molar-refractivity contribution is 5.65. The molecule has 3 rings (SSSR count). The highest BCUT2D eigenvalue weighted by Crippen LogP contribution is 2.23. The average Bonchev–Trinajstić information content (AvgIpc) is 2.90. The molecular weight excluding hydrogens is 272 g/mol. The monoisotopic (exact) mass is 296 g/mol. The average molecular weight is 296 g/mol. The summed E-state index contributed by atoms with van der Waals surface area (Å²) in [5.74, 6) is 0.906. The van der Waals surface area contributed by atoms with Gasteiger partial charge in [0, 0.05) is 18.1 Å². The molecule has 0 amide bonds. The predicted molar refractivity (Wildman–Crippen MR) is 92.5 cm³/mol. The van der Waals surface area contributed by atoms with E-state index in [1.54, 1.807) is 0 Å². The van der Waals surface area contributed by atoms with Crippen LogP contribution < -0.4 is 4.74 Å². The number of hydrogen-bond acceptors (Lipinski definition) is 2. The topological polar surface area (TPSA) is 26.5 Å². The van der Waals surface area contributed by atoms with Crippen LogP contribution in [0.4, 0.5) is 0 Å². The third-order valence-corrected chi connectivity index (χ3v) is 3.25. The second-order valence-electron chi connectivity index (χ2n) is 5.24. The van der Waals surface area contributed by atoms with Crippen molar-refractivity contribution in [2.45, 2.75) is 40.7 Å². The van der Waals surface area contributed by atoms with E-state index in [1.807, 2.05) is 52.1 Å². The Bertz CT molecular complexity index is 727. The van der Waals surface area contributed by atoms with Gasteiger partial charge in [-0.15, -0.1) is 0 Å². The minimum absolute atomic E-state index is 0.200. The molecule has 0 radical (unpaired) electrons. The van der Waals surface area contributed by atoms with Crippen molar-refractivity contribution < 1.29 is 4.74 Å². The minimum atomic E-state index is 0.200. The lowest BCUT2D eigenvalue weighted by atomic mass is 10.1. The molecule has 3 nitrogen and oxygen atoms in total. The summed E-state index contributed by atoms with van der Waals surface area (Å²) in [4.78, 5) is 4.34. The van der Waals surface area contributed by atoms with Gasteiger partial charge in [0.05, 0.1) is 6.10 Å². The zero-order chi connectivity index (χ0) is 16.1. The zero-order valence-electron chi connectivity index (χ0n) is 14.0. The zero-order valence-corrected chi connectivity index (χ0v) is 14.0. The van der Waals surface area contributed by atoms with E-state index >= 15 is 0 Å². The molecule has 116 valence electrons. The lowest BCUT2D eigenvalue weighted by Crippen LogP contribution is -2.05. The maximum Gasteiger partial charge on any atom is 0.136 e. The Kier molecular flexibility index (Phi) is 5.21. The van der Waals surface area contributed by atoms with Crippen molar-refractivity contribution in [2.75, 3.05) is 0 Å². The van der Waals surface area contributed by atoms with E-state index in [1.165, 1.54) is 11.1 Å². The molecule has 1 aromatic carbocycles. The number of rotatable bonds is 3. The van der Waals surface area contributed by atoms with Crippen LogP contribution in [0.3, 0.4) is 0 Å². The number of aryl methyl sites for hydroxylation is 1. The Morgan fingerprint density at radius 2 is 1.59 bits per heavy atom. The molecule has 0 aliphatic heterocycles. The molecular formula is C19H24N2O. The van der Waals surface area contributed by atoms with Crippen LogP contribution in [0.25, 0.3) is 16.8 Å². The van der Waals surface area contributed by atoms with Crippen molar-refractivity contribution in [3.05, 3.63) is 54.5 Å². The Balaban J connectivity index is 0.000000847. The maximum absolute atomic E-state index is 5.67. The van der Waals surface area contributed by atoms with E-state index < -0.39 is 0 Å². The molecule has 0 spiro atoms. The van der Waals surface area contributed by atoms with Crippen LogP contribution in [-0.4, -0.2) is 15.5 Å². The Morgan fingerprint density at radius 1 is 0.955 bits per heavy atom. The second kappa shape index (κ2) is 7.12. The molecule has 3 aromatic rings. The van der Waals surface area contributed by atoms with Gasteiger partial charge in [-0.3, -0.25) is 0 Å². The second-order valence-corrected chi connectivity index (χ2v) is 5.24. The van der Waals surface area contributed by atoms with Gasteiger partial charge in [0.25, 0.3) is 0 Å². The molecule has 0 aliphatic rings. The predicted octanol–water partition coefficient (Wildman–Crippen LogP) is 5.12. The van der Waals surface area contributed by atoms with E-state index in [-0.39, 0.29) is 6.10 Å². The molecule has 0 atom stereocenters. The molecule has 0 N–H and O–H groups in total. The van der Waals surface area contributed by atoms with Crippen LogP contribution in [0.15, 0.2) is 48.8 Å². The number of nitrogens with zero attached hydrogens (tertiary/aromatic N) is 2.